The average molecular weight is 192 g/mol. The number of carboxylic acid groups (broad SMARTS) is 1. The molecule has 74 valence electrons. The molecule has 1 aromatic carbocycles. The van der Waals surface area contributed by atoms with Crippen LogP contribution in [0.4, 0.5) is 0 Å². The van der Waals surface area contributed by atoms with Gasteiger partial charge in [-0.1, -0.05) is 6.07 Å². The lowest BCUT2D eigenvalue weighted by Crippen LogP contribution is -2.01. The number of carboxylic acids is 1. The van der Waals surface area contributed by atoms with Crippen molar-refractivity contribution in [1.29, 1.82) is 0 Å². The van der Waals surface area contributed by atoms with Crippen LogP contribution in [0.25, 0.3) is 0 Å². The van der Waals surface area contributed by atoms with Crippen LogP contribution >= 0.6 is 0 Å². The molecule has 0 spiro atoms. The molecule has 0 aliphatic heterocycles. The Hall–Kier alpha value is -1.51. The molecule has 0 unspecified atom stereocenters. The molecule has 1 N–H and O–H groups in total. The van der Waals surface area contributed by atoms with Crippen molar-refractivity contribution in [2.75, 3.05) is 0 Å². The minimum Gasteiger partial charge on any atom is -0.490 e. The van der Waals surface area contributed by atoms with Crippen LogP contribution in [-0.2, 0) is 0 Å². The lowest BCUT2D eigenvalue weighted by Gasteiger charge is -2.08. The second-order valence-electron chi connectivity index (χ2n) is 3.60. The Bertz CT molecular complexity index is 367. The maximum atomic E-state index is 10.7. The first-order valence-corrected chi connectivity index (χ1v) is 4.67. The van der Waals surface area contributed by atoms with Crippen LogP contribution < -0.4 is 4.74 Å². The molecule has 0 saturated heterocycles. The molecule has 1 aliphatic carbocycles. The first-order chi connectivity index (χ1) is 6.66. The zero-order chi connectivity index (χ0) is 10.1. The molecular weight excluding hydrogens is 180 g/mol. The van der Waals surface area contributed by atoms with Gasteiger partial charge in [-0.3, -0.25) is 0 Å². The lowest BCUT2D eigenvalue weighted by molar-refractivity contribution is 0.0696. The third-order valence-electron chi connectivity index (χ3n) is 2.25. The number of rotatable bonds is 3. The fraction of sp³-hybridized carbons (Fsp3) is 0.364. The highest BCUT2D eigenvalue weighted by atomic mass is 16.5. The van der Waals surface area contributed by atoms with E-state index >= 15 is 0 Å². The molecule has 0 heterocycles. The monoisotopic (exact) mass is 192 g/mol. The van der Waals surface area contributed by atoms with Crippen molar-refractivity contribution in [2.24, 2.45) is 0 Å². The molecule has 1 saturated carbocycles. The Morgan fingerprint density at radius 2 is 2.21 bits per heavy atom. The van der Waals surface area contributed by atoms with Crippen LogP contribution in [0.5, 0.6) is 5.75 Å². The molecule has 1 fully saturated rings. The summed E-state index contributed by atoms with van der Waals surface area (Å²) >= 11 is 0. The van der Waals surface area contributed by atoms with Gasteiger partial charge in [0.25, 0.3) is 0 Å². The average Bonchev–Trinajstić information content (AvgIpc) is 2.92. The first-order valence-electron chi connectivity index (χ1n) is 4.67. The summed E-state index contributed by atoms with van der Waals surface area (Å²) < 4.78 is 5.58. The van der Waals surface area contributed by atoms with Gasteiger partial charge in [0.15, 0.2) is 0 Å². The maximum absolute atomic E-state index is 10.7. The molecule has 14 heavy (non-hydrogen) atoms. The number of aromatic carboxylic acids is 1. The van der Waals surface area contributed by atoms with Crippen LogP contribution in [-0.4, -0.2) is 17.2 Å². The van der Waals surface area contributed by atoms with Gasteiger partial charge >= 0.3 is 5.97 Å². The summed E-state index contributed by atoms with van der Waals surface area (Å²) in [6.45, 7) is 1.92. The third kappa shape index (κ3) is 1.87. The molecule has 0 atom stereocenters. The van der Waals surface area contributed by atoms with Gasteiger partial charge in [-0.25, -0.2) is 4.79 Å². The number of carbonyl (C=O) groups is 1. The van der Waals surface area contributed by atoms with Crippen molar-refractivity contribution in [3.8, 4) is 5.75 Å². The van der Waals surface area contributed by atoms with Crippen molar-refractivity contribution >= 4 is 5.97 Å². The quantitative estimate of drug-likeness (QED) is 0.798. The van der Waals surface area contributed by atoms with Crippen molar-refractivity contribution in [3.05, 3.63) is 29.3 Å². The second kappa shape index (κ2) is 3.33. The second-order valence-corrected chi connectivity index (χ2v) is 3.60. The molecule has 0 aromatic heterocycles. The molecule has 3 nitrogen and oxygen atoms in total. The largest absolute Gasteiger partial charge is 0.490 e. The zero-order valence-electron chi connectivity index (χ0n) is 7.99. The van der Waals surface area contributed by atoms with Gasteiger partial charge in [0.1, 0.15) is 5.75 Å². The van der Waals surface area contributed by atoms with Crippen LogP contribution in [0, 0.1) is 6.92 Å². The van der Waals surface area contributed by atoms with E-state index in [9.17, 15) is 4.79 Å². The van der Waals surface area contributed by atoms with E-state index < -0.39 is 5.97 Å². The topological polar surface area (TPSA) is 46.5 Å². The molecule has 1 aliphatic rings. The molecule has 3 heteroatoms. The fourth-order valence-corrected chi connectivity index (χ4v) is 1.23. The Morgan fingerprint density at radius 1 is 1.50 bits per heavy atom. The SMILES string of the molecule is Cc1ccc(C(=O)O)cc1OC1CC1. The molecule has 1 aromatic rings. The van der Waals surface area contributed by atoms with E-state index in [2.05, 4.69) is 0 Å². The highest BCUT2D eigenvalue weighted by molar-refractivity contribution is 5.88. The summed E-state index contributed by atoms with van der Waals surface area (Å²) in [6.07, 6.45) is 2.46. The predicted octanol–water partition coefficient (Wildman–Crippen LogP) is 2.23. The normalized spacial score (nSPS) is 15.2. The van der Waals surface area contributed by atoms with Gasteiger partial charge in [0.2, 0.25) is 0 Å². The smallest absolute Gasteiger partial charge is 0.335 e. The van der Waals surface area contributed by atoms with E-state index in [1.165, 1.54) is 0 Å². The van der Waals surface area contributed by atoms with E-state index in [1.54, 1.807) is 18.2 Å². The van der Waals surface area contributed by atoms with E-state index in [0.29, 0.717) is 11.9 Å². The third-order valence-corrected chi connectivity index (χ3v) is 2.25. The van der Waals surface area contributed by atoms with E-state index in [0.717, 1.165) is 18.4 Å². The highest BCUT2D eigenvalue weighted by Crippen LogP contribution is 2.29. The van der Waals surface area contributed by atoms with Crippen LogP contribution in [0.3, 0.4) is 0 Å². The lowest BCUT2D eigenvalue weighted by atomic mass is 10.1. The minimum absolute atomic E-state index is 0.284. The minimum atomic E-state index is -0.911. The van der Waals surface area contributed by atoms with Crippen molar-refractivity contribution in [2.45, 2.75) is 25.9 Å². The highest BCUT2D eigenvalue weighted by Gasteiger charge is 2.24. The molecule has 0 bridgehead atoms. The molecule has 0 amide bonds. The van der Waals surface area contributed by atoms with Gasteiger partial charge in [-0.2, -0.15) is 0 Å². The summed E-state index contributed by atoms with van der Waals surface area (Å²) in [6, 6.07) is 4.97. The van der Waals surface area contributed by atoms with Crippen molar-refractivity contribution < 1.29 is 14.6 Å². The van der Waals surface area contributed by atoms with Crippen molar-refractivity contribution in [1.82, 2.24) is 0 Å². The van der Waals surface area contributed by atoms with E-state index in [-0.39, 0.29) is 5.56 Å². The van der Waals surface area contributed by atoms with Crippen LogP contribution in [0.2, 0.25) is 0 Å². The van der Waals surface area contributed by atoms with Crippen LogP contribution in [0.1, 0.15) is 28.8 Å². The van der Waals surface area contributed by atoms with Crippen LogP contribution in [0.15, 0.2) is 18.2 Å². The van der Waals surface area contributed by atoms with Gasteiger partial charge in [-0.05, 0) is 37.5 Å². The zero-order valence-corrected chi connectivity index (χ0v) is 7.99. The summed E-state index contributed by atoms with van der Waals surface area (Å²) in [7, 11) is 0. The Morgan fingerprint density at radius 3 is 2.79 bits per heavy atom. The van der Waals surface area contributed by atoms with Gasteiger partial charge in [0.05, 0.1) is 11.7 Å². The van der Waals surface area contributed by atoms with Gasteiger partial charge < -0.3 is 9.84 Å². The molecule has 2 rings (SSSR count). The van der Waals surface area contributed by atoms with E-state index in [1.807, 2.05) is 6.92 Å². The summed E-state index contributed by atoms with van der Waals surface area (Å²) in [5.74, 6) is -0.210. The summed E-state index contributed by atoms with van der Waals surface area (Å²) in [4.78, 5) is 10.7. The Kier molecular flexibility index (Phi) is 2.15. The number of hydrogen-bond acceptors (Lipinski definition) is 2. The predicted molar refractivity (Wildman–Crippen MR) is 51.8 cm³/mol. The van der Waals surface area contributed by atoms with Crippen molar-refractivity contribution in [3.63, 3.8) is 0 Å². The van der Waals surface area contributed by atoms with Gasteiger partial charge in [-0.15, -0.1) is 0 Å². The first kappa shape index (κ1) is 9.06. The number of hydrogen-bond donors (Lipinski definition) is 1. The van der Waals surface area contributed by atoms with E-state index in [4.69, 9.17) is 9.84 Å². The fourth-order valence-electron chi connectivity index (χ4n) is 1.23. The number of benzene rings is 1. The maximum Gasteiger partial charge on any atom is 0.335 e. The Balaban J connectivity index is 2.26. The Labute approximate surface area is 82.3 Å². The molecular formula is C11H12O3. The summed E-state index contributed by atoms with van der Waals surface area (Å²) in [5.41, 5.74) is 1.27. The standard InChI is InChI=1S/C11H12O3/c1-7-2-3-8(11(12)13)6-10(7)14-9-4-5-9/h2-3,6,9H,4-5H2,1H3,(H,12,13). The number of ether oxygens (including phenoxy) is 1. The number of aryl methyl sites for hydroxylation is 1. The summed E-state index contributed by atoms with van der Waals surface area (Å²) in [5, 5.41) is 8.79. The molecule has 0 radical (unpaired) electrons. The van der Waals surface area contributed by atoms with Gasteiger partial charge in [0, 0.05) is 0 Å².